The highest BCUT2D eigenvalue weighted by Crippen LogP contribution is 2.38. The molecule has 0 spiro atoms. The van der Waals surface area contributed by atoms with Crippen molar-refractivity contribution in [2.24, 2.45) is 10.4 Å². The molecule has 0 bridgehead atoms. The van der Waals surface area contributed by atoms with E-state index in [0.29, 0.717) is 13.2 Å². The number of nitrogens with zero attached hydrogens (tertiary/aromatic N) is 1. The fourth-order valence-electron chi connectivity index (χ4n) is 3.93. The van der Waals surface area contributed by atoms with Gasteiger partial charge in [0.1, 0.15) is 0 Å². The minimum atomic E-state index is 0.186. The average molecular weight is 392 g/mol. The third kappa shape index (κ3) is 6.59. The summed E-state index contributed by atoms with van der Waals surface area (Å²) in [5, 5.41) is 16.4. The first-order valence-electron chi connectivity index (χ1n) is 10.6. The first-order chi connectivity index (χ1) is 13.7. The van der Waals surface area contributed by atoms with Gasteiger partial charge in [0.05, 0.1) is 20.3 Å². The lowest BCUT2D eigenvalue weighted by Gasteiger charge is -2.37. The summed E-state index contributed by atoms with van der Waals surface area (Å²) < 4.78 is 11.0. The van der Waals surface area contributed by atoms with Crippen molar-refractivity contribution in [1.29, 1.82) is 0 Å². The van der Waals surface area contributed by atoms with Crippen molar-refractivity contribution in [3.63, 3.8) is 0 Å². The van der Waals surface area contributed by atoms with E-state index >= 15 is 0 Å². The van der Waals surface area contributed by atoms with Gasteiger partial charge in [-0.3, -0.25) is 0 Å². The standard InChI is InChI=1S/C22H37N3O3/c1-4-23-21(25-17-22(13-14-26)11-7-6-8-12-22)24-16-18-9-10-19(27-3)20(15-18)28-5-2/h9-10,15,26H,4-8,11-14,16-17H2,1-3H3,(H2,23,24,25). The summed E-state index contributed by atoms with van der Waals surface area (Å²) in [5.41, 5.74) is 1.26. The van der Waals surface area contributed by atoms with Crippen LogP contribution in [0, 0.1) is 5.41 Å². The molecular formula is C22H37N3O3. The molecule has 158 valence electrons. The highest BCUT2D eigenvalue weighted by molar-refractivity contribution is 5.79. The molecule has 0 saturated heterocycles. The van der Waals surface area contributed by atoms with Crippen LogP contribution in [0.15, 0.2) is 23.2 Å². The van der Waals surface area contributed by atoms with Crippen LogP contribution < -0.4 is 20.1 Å². The van der Waals surface area contributed by atoms with E-state index < -0.39 is 0 Å². The van der Waals surface area contributed by atoms with Crippen molar-refractivity contribution >= 4 is 5.96 Å². The SMILES string of the molecule is CCNC(=NCc1ccc(OC)c(OCC)c1)NCC1(CCO)CCCCC1. The lowest BCUT2D eigenvalue weighted by atomic mass is 9.72. The number of hydrogen-bond donors (Lipinski definition) is 3. The van der Waals surface area contributed by atoms with E-state index in [2.05, 4.69) is 17.6 Å². The van der Waals surface area contributed by atoms with Crippen molar-refractivity contribution in [1.82, 2.24) is 10.6 Å². The summed E-state index contributed by atoms with van der Waals surface area (Å²) in [6, 6.07) is 5.93. The Balaban J connectivity index is 2.04. The normalized spacial score (nSPS) is 16.5. The minimum absolute atomic E-state index is 0.186. The summed E-state index contributed by atoms with van der Waals surface area (Å²) in [7, 11) is 1.65. The molecule has 0 amide bonds. The molecule has 1 aliphatic carbocycles. The predicted molar refractivity (Wildman–Crippen MR) is 114 cm³/mol. The smallest absolute Gasteiger partial charge is 0.191 e. The second-order valence-corrected chi connectivity index (χ2v) is 7.50. The molecule has 3 N–H and O–H groups in total. The molecule has 0 heterocycles. The van der Waals surface area contributed by atoms with Gasteiger partial charge in [0.2, 0.25) is 0 Å². The fourth-order valence-corrected chi connectivity index (χ4v) is 3.93. The molecule has 1 aromatic carbocycles. The van der Waals surface area contributed by atoms with Gasteiger partial charge in [-0.25, -0.2) is 4.99 Å². The fraction of sp³-hybridized carbons (Fsp3) is 0.682. The Morgan fingerprint density at radius 3 is 2.57 bits per heavy atom. The lowest BCUT2D eigenvalue weighted by Crippen LogP contribution is -2.44. The molecule has 0 atom stereocenters. The Morgan fingerprint density at radius 2 is 1.93 bits per heavy atom. The molecule has 2 rings (SSSR count). The number of aliphatic hydroxyl groups is 1. The van der Waals surface area contributed by atoms with E-state index in [-0.39, 0.29) is 12.0 Å². The molecule has 6 heteroatoms. The number of aliphatic imine (C=N–C) groups is 1. The molecule has 0 aromatic heterocycles. The van der Waals surface area contributed by atoms with Gasteiger partial charge in [-0.2, -0.15) is 0 Å². The lowest BCUT2D eigenvalue weighted by molar-refractivity contribution is 0.131. The highest BCUT2D eigenvalue weighted by atomic mass is 16.5. The number of ether oxygens (including phenoxy) is 2. The van der Waals surface area contributed by atoms with E-state index in [1.807, 2.05) is 25.1 Å². The largest absolute Gasteiger partial charge is 0.493 e. The third-order valence-corrected chi connectivity index (χ3v) is 5.48. The second kappa shape index (κ2) is 11.8. The van der Waals surface area contributed by atoms with Crippen LogP contribution in [-0.4, -0.2) is 44.5 Å². The second-order valence-electron chi connectivity index (χ2n) is 7.50. The Hall–Kier alpha value is -1.95. The number of hydrogen-bond acceptors (Lipinski definition) is 4. The van der Waals surface area contributed by atoms with Crippen LogP contribution in [0.25, 0.3) is 0 Å². The van der Waals surface area contributed by atoms with Crippen LogP contribution in [0.5, 0.6) is 11.5 Å². The summed E-state index contributed by atoms with van der Waals surface area (Å²) in [4.78, 5) is 4.75. The summed E-state index contributed by atoms with van der Waals surface area (Å²) in [5.74, 6) is 2.31. The van der Waals surface area contributed by atoms with Gasteiger partial charge >= 0.3 is 0 Å². The Labute approximate surface area is 169 Å². The predicted octanol–water partition coefficient (Wildman–Crippen LogP) is 3.48. The Morgan fingerprint density at radius 1 is 1.14 bits per heavy atom. The number of benzene rings is 1. The van der Waals surface area contributed by atoms with Crippen molar-refractivity contribution < 1.29 is 14.6 Å². The van der Waals surface area contributed by atoms with Crippen LogP contribution >= 0.6 is 0 Å². The van der Waals surface area contributed by atoms with E-state index in [1.165, 1.54) is 32.1 Å². The van der Waals surface area contributed by atoms with Gasteiger partial charge in [0.25, 0.3) is 0 Å². The van der Waals surface area contributed by atoms with Crippen LogP contribution in [0.4, 0.5) is 0 Å². The summed E-state index contributed by atoms with van der Waals surface area (Å²) >= 11 is 0. The first kappa shape index (κ1) is 22.3. The van der Waals surface area contributed by atoms with Gasteiger partial charge in [-0.05, 0) is 56.2 Å². The van der Waals surface area contributed by atoms with Crippen molar-refractivity contribution in [2.75, 3.05) is 33.4 Å². The van der Waals surface area contributed by atoms with Crippen LogP contribution in [0.3, 0.4) is 0 Å². The third-order valence-electron chi connectivity index (χ3n) is 5.48. The number of rotatable bonds is 10. The molecule has 1 saturated carbocycles. The van der Waals surface area contributed by atoms with E-state index in [1.54, 1.807) is 7.11 Å². The Kier molecular flexibility index (Phi) is 9.41. The zero-order valence-electron chi connectivity index (χ0n) is 17.7. The van der Waals surface area contributed by atoms with Crippen molar-refractivity contribution in [3.05, 3.63) is 23.8 Å². The molecule has 1 fully saturated rings. The van der Waals surface area contributed by atoms with E-state index in [0.717, 1.165) is 42.5 Å². The Bertz CT molecular complexity index is 608. The van der Waals surface area contributed by atoms with Gasteiger partial charge in [-0.15, -0.1) is 0 Å². The summed E-state index contributed by atoms with van der Waals surface area (Å²) in [6.07, 6.45) is 7.02. The summed E-state index contributed by atoms with van der Waals surface area (Å²) in [6.45, 7) is 7.11. The van der Waals surface area contributed by atoms with Crippen LogP contribution in [0.2, 0.25) is 0 Å². The first-order valence-corrected chi connectivity index (χ1v) is 10.6. The molecule has 0 aliphatic heterocycles. The maximum atomic E-state index is 9.52. The monoisotopic (exact) mass is 391 g/mol. The average Bonchev–Trinajstić information content (AvgIpc) is 2.71. The molecule has 0 radical (unpaired) electrons. The van der Waals surface area contributed by atoms with Gasteiger partial charge in [0.15, 0.2) is 17.5 Å². The van der Waals surface area contributed by atoms with Gasteiger partial charge in [0, 0.05) is 19.7 Å². The molecule has 0 unspecified atom stereocenters. The number of guanidine groups is 1. The van der Waals surface area contributed by atoms with Gasteiger partial charge in [-0.1, -0.05) is 25.3 Å². The number of methoxy groups -OCH3 is 1. The molecule has 1 aromatic rings. The molecular weight excluding hydrogens is 354 g/mol. The van der Waals surface area contributed by atoms with Crippen LogP contribution in [-0.2, 0) is 6.54 Å². The van der Waals surface area contributed by atoms with Crippen molar-refractivity contribution in [2.45, 2.75) is 58.9 Å². The van der Waals surface area contributed by atoms with Crippen molar-refractivity contribution in [3.8, 4) is 11.5 Å². The number of aliphatic hydroxyl groups excluding tert-OH is 1. The van der Waals surface area contributed by atoms with Gasteiger partial charge < -0.3 is 25.2 Å². The van der Waals surface area contributed by atoms with Crippen LogP contribution in [0.1, 0.15) is 57.9 Å². The van der Waals surface area contributed by atoms with E-state index in [4.69, 9.17) is 14.5 Å². The molecule has 6 nitrogen and oxygen atoms in total. The maximum Gasteiger partial charge on any atom is 0.191 e. The zero-order valence-corrected chi connectivity index (χ0v) is 17.7. The highest BCUT2D eigenvalue weighted by Gasteiger charge is 2.31. The maximum absolute atomic E-state index is 9.52. The topological polar surface area (TPSA) is 75.1 Å². The molecule has 1 aliphatic rings. The molecule has 28 heavy (non-hydrogen) atoms. The number of nitrogens with one attached hydrogen (secondary N) is 2. The minimum Gasteiger partial charge on any atom is -0.493 e. The zero-order chi connectivity index (χ0) is 20.2. The quantitative estimate of drug-likeness (QED) is 0.421. The van der Waals surface area contributed by atoms with E-state index in [9.17, 15) is 5.11 Å².